The monoisotopic (exact) mass is 518 g/mol. The highest BCUT2D eigenvalue weighted by Crippen LogP contribution is 2.41. The largest absolute Gasteiger partial charge is 0.496 e. The zero-order valence-corrected chi connectivity index (χ0v) is 19.9. The maximum absolute atomic E-state index is 12.5. The van der Waals surface area contributed by atoms with E-state index in [9.17, 15) is 10.1 Å². The lowest BCUT2D eigenvalue weighted by atomic mass is 9.82. The van der Waals surface area contributed by atoms with Crippen LogP contribution in [0, 0.1) is 11.3 Å². The van der Waals surface area contributed by atoms with Gasteiger partial charge in [0.2, 0.25) is 5.88 Å². The third kappa shape index (κ3) is 4.69. The van der Waals surface area contributed by atoms with E-state index in [1.807, 2.05) is 0 Å². The van der Waals surface area contributed by atoms with Gasteiger partial charge in [-0.2, -0.15) is 5.26 Å². The second-order valence-corrected chi connectivity index (χ2v) is 8.11. The number of halogens is 2. The van der Waals surface area contributed by atoms with E-state index in [2.05, 4.69) is 22.0 Å². The molecule has 7 nitrogen and oxygen atoms in total. The smallest absolute Gasteiger partial charge is 0.338 e. The molecule has 0 aromatic heterocycles. The molecule has 0 aliphatic carbocycles. The Bertz CT molecular complexity index is 1170. The number of benzene rings is 2. The molecule has 0 fully saturated rings. The van der Waals surface area contributed by atoms with E-state index < -0.39 is 11.9 Å². The van der Waals surface area contributed by atoms with Gasteiger partial charge in [-0.25, -0.2) is 4.79 Å². The Hall–Kier alpha value is -3.15. The average Bonchev–Trinajstić information content (AvgIpc) is 2.77. The molecule has 0 saturated heterocycles. The Balaban J connectivity index is 2.04. The highest BCUT2D eigenvalue weighted by atomic mass is 79.9. The van der Waals surface area contributed by atoms with E-state index in [0.717, 1.165) is 0 Å². The molecule has 0 bridgehead atoms. The molecular formula is C23H20BrClN2O5. The highest BCUT2D eigenvalue weighted by Gasteiger charge is 2.36. The molecule has 1 aliphatic heterocycles. The Morgan fingerprint density at radius 1 is 1.25 bits per heavy atom. The summed E-state index contributed by atoms with van der Waals surface area (Å²) in [6, 6.07) is 12.6. The first kappa shape index (κ1) is 23.5. The number of esters is 1. The fourth-order valence-corrected chi connectivity index (χ4v) is 4.23. The first-order valence-corrected chi connectivity index (χ1v) is 10.6. The van der Waals surface area contributed by atoms with Crippen LogP contribution in [0.2, 0.25) is 5.02 Å². The van der Waals surface area contributed by atoms with Crippen LogP contribution in [-0.2, 0) is 20.9 Å². The predicted octanol–water partition coefficient (Wildman–Crippen LogP) is 4.94. The van der Waals surface area contributed by atoms with Gasteiger partial charge in [0.05, 0.1) is 30.2 Å². The molecule has 0 spiro atoms. The number of rotatable bonds is 6. The summed E-state index contributed by atoms with van der Waals surface area (Å²) < 4.78 is 22.5. The average molecular weight is 520 g/mol. The predicted molar refractivity (Wildman–Crippen MR) is 122 cm³/mol. The number of nitrogens with two attached hydrogens (primary N) is 1. The molecule has 32 heavy (non-hydrogen) atoms. The van der Waals surface area contributed by atoms with Gasteiger partial charge in [0.1, 0.15) is 35.5 Å². The summed E-state index contributed by atoms with van der Waals surface area (Å²) >= 11 is 9.42. The van der Waals surface area contributed by atoms with Gasteiger partial charge in [-0.05, 0) is 58.7 Å². The third-order valence-electron chi connectivity index (χ3n) is 4.93. The highest BCUT2D eigenvalue weighted by molar-refractivity contribution is 9.10. The van der Waals surface area contributed by atoms with Crippen LogP contribution >= 0.6 is 27.5 Å². The molecule has 3 rings (SSSR count). The van der Waals surface area contributed by atoms with Crippen LogP contribution in [0.15, 0.2) is 63.7 Å². The lowest BCUT2D eigenvalue weighted by Crippen LogP contribution is -2.25. The molecule has 1 aliphatic rings. The van der Waals surface area contributed by atoms with Crippen LogP contribution in [-0.4, -0.2) is 20.2 Å². The Labute approximate surface area is 199 Å². The van der Waals surface area contributed by atoms with Crippen molar-refractivity contribution in [2.75, 3.05) is 14.2 Å². The van der Waals surface area contributed by atoms with Crippen molar-refractivity contribution in [3.8, 4) is 17.6 Å². The van der Waals surface area contributed by atoms with Gasteiger partial charge in [0.15, 0.2) is 0 Å². The second kappa shape index (κ2) is 9.98. The van der Waals surface area contributed by atoms with Crippen LogP contribution in [0.4, 0.5) is 0 Å². The maximum atomic E-state index is 12.5. The van der Waals surface area contributed by atoms with Crippen molar-refractivity contribution >= 4 is 33.5 Å². The van der Waals surface area contributed by atoms with Crippen LogP contribution in [0.1, 0.15) is 24.0 Å². The topological polar surface area (TPSA) is 104 Å². The lowest BCUT2D eigenvalue weighted by Gasteiger charge is -2.27. The second-order valence-electron chi connectivity index (χ2n) is 6.82. The fraction of sp³-hybridized carbons (Fsp3) is 0.217. The minimum Gasteiger partial charge on any atom is -0.496 e. The molecule has 0 amide bonds. The minimum atomic E-state index is -0.756. The molecule has 166 valence electrons. The van der Waals surface area contributed by atoms with Gasteiger partial charge in [-0.15, -0.1) is 0 Å². The summed E-state index contributed by atoms with van der Waals surface area (Å²) in [4.78, 5) is 12.5. The van der Waals surface area contributed by atoms with Crippen molar-refractivity contribution in [2.24, 2.45) is 5.73 Å². The van der Waals surface area contributed by atoms with Crippen LogP contribution < -0.4 is 15.2 Å². The van der Waals surface area contributed by atoms with Gasteiger partial charge >= 0.3 is 5.97 Å². The van der Waals surface area contributed by atoms with Gasteiger partial charge in [0.25, 0.3) is 0 Å². The van der Waals surface area contributed by atoms with Crippen LogP contribution in [0.3, 0.4) is 0 Å². The molecule has 2 aromatic rings. The summed E-state index contributed by atoms with van der Waals surface area (Å²) in [5.41, 5.74) is 7.62. The van der Waals surface area contributed by atoms with Crippen molar-refractivity contribution in [3.05, 3.63) is 79.8 Å². The molecule has 0 radical (unpaired) electrons. The molecule has 1 atom stereocenters. The number of nitrogens with zero attached hydrogens (tertiary/aromatic N) is 1. The van der Waals surface area contributed by atoms with E-state index in [-0.39, 0.29) is 29.4 Å². The molecule has 2 aromatic carbocycles. The van der Waals surface area contributed by atoms with E-state index >= 15 is 0 Å². The molecule has 1 unspecified atom stereocenters. The lowest BCUT2D eigenvalue weighted by molar-refractivity contribution is -0.136. The quantitative estimate of drug-likeness (QED) is 0.539. The van der Waals surface area contributed by atoms with Gasteiger partial charge < -0.3 is 24.7 Å². The van der Waals surface area contributed by atoms with Crippen LogP contribution in [0.5, 0.6) is 11.5 Å². The van der Waals surface area contributed by atoms with Crippen molar-refractivity contribution in [3.63, 3.8) is 0 Å². The van der Waals surface area contributed by atoms with E-state index in [4.69, 9.17) is 36.3 Å². The van der Waals surface area contributed by atoms with Crippen molar-refractivity contribution in [2.45, 2.75) is 19.4 Å². The third-order valence-corrected chi connectivity index (χ3v) is 5.78. The number of nitriles is 1. The molecule has 9 heteroatoms. The van der Waals surface area contributed by atoms with E-state index in [1.165, 1.54) is 7.11 Å². The number of hydrogen-bond donors (Lipinski definition) is 1. The van der Waals surface area contributed by atoms with Crippen LogP contribution in [0.25, 0.3) is 0 Å². The van der Waals surface area contributed by atoms with Crippen molar-refractivity contribution < 1.29 is 23.7 Å². The van der Waals surface area contributed by atoms with E-state index in [0.29, 0.717) is 32.1 Å². The number of hydrogen-bond acceptors (Lipinski definition) is 7. The van der Waals surface area contributed by atoms with E-state index in [1.54, 1.807) is 50.4 Å². The Morgan fingerprint density at radius 2 is 1.97 bits per heavy atom. The molecule has 0 saturated carbocycles. The van der Waals surface area contributed by atoms with Gasteiger partial charge in [-0.1, -0.05) is 17.7 Å². The zero-order valence-electron chi connectivity index (χ0n) is 17.6. The maximum Gasteiger partial charge on any atom is 0.338 e. The fourth-order valence-electron chi connectivity index (χ4n) is 3.43. The number of methoxy groups -OCH3 is 2. The number of carbonyl (C=O) groups excluding carboxylic acids is 1. The Morgan fingerprint density at radius 3 is 2.59 bits per heavy atom. The Kier molecular flexibility index (Phi) is 7.33. The van der Waals surface area contributed by atoms with Gasteiger partial charge in [-0.3, -0.25) is 0 Å². The summed E-state index contributed by atoms with van der Waals surface area (Å²) in [7, 11) is 2.82. The standard InChI is InChI=1S/C23H20BrClN2O5/c1-12-20(23(28)30-3)21(16(10-26)22(27)32-12)13-4-6-18(29-2)14(8-13)11-31-19-7-5-15(25)9-17(19)24/h4-9,21H,11,27H2,1-3H3. The number of carbonyl (C=O) groups is 1. The normalized spacial score (nSPS) is 15.7. The van der Waals surface area contributed by atoms with Crippen molar-refractivity contribution in [1.82, 2.24) is 0 Å². The first-order valence-electron chi connectivity index (χ1n) is 9.42. The summed E-state index contributed by atoms with van der Waals surface area (Å²) in [5, 5.41) is 10.3. The van der Waals surface area contributed by atoms with Gasteiger partial charge in [0, 0.05) is 10.6 Å². The SMILES string of the molecule is COC(=O)C1=C(C)OC(N)=C(C#N)C1c1ccc(OC)c(COc2ccc(Cl)cc2Br)c1. The summed E-state index contributed by atoms with van der Waals surface area (Å²) in [5.74, 6) is 0.0421. The molecule has 2 N–H and O–H groups in total. The van der Waals surface area contributed by atoms with Crippen molar-refractivity contribution in [1.29, 1.82) is 5.26 Å². The first-order chi connectivity index (χ1) is 15.3. The molecule has 1 heterocycles. The summed E-state index contributed by atoms with van der Waals surface area (Å²) in [6.07, 6.45) is 0. The molecular weight excluding hydrogens is 500 g/mol. The summed E-state index contributed by atoms with van der Waals surface area (Å²) in [6.45, 7) is 1.77. The number of ether oxygens (including phenoxy) is 4. The zero-order chi connectivity index (χ0) is 23.4. The number of allylic oxidation sites excluding steroid dienone is 2. The minimum absolute atomic E-state index is 0.0543.